The molecule has 3 atom stereocenters. The van der Waals surface area contributed by atoms with Crippen molar-refractivity contribution in [3.8, 4) is 0 Å². The Morgan fingerprint density at radius 2 is 0.776 bits per heavy atom. The first kappa shape index (κ1) is 48.1. The molecule has 1 amide bonds. The molecule has 0 aliphatic heterocycles. The van der Waals surface area contributed by atoms with Gasteiger partial charge in [0.05, 0.1) is 18.8 Å². The number of rotatable bonds is 40. The summed E-state index contributed by atoms with van der Waals surface area (Å²) in [5.41, 5.74) is 0. The number of nitrogens with one attached hydrogen (secondary N) is 1. The summed E-state index contributed by atoms with van der Waals surface area (Å²) in [5, 5.41) is 33.3. The van der Waals surface area contributed by atoms with Gasteiger partial charge in [0.2, 0.25) is 5.91 Å². The van der Waals surface area contributed by atoms with Gasteiger partial charge in [0.1, 0.15) is 6.10 Å². The van der Waals surface area contributed by atoms with E-state index in [-0.39, 0.29) is 6.61 Å². The second kappa shape index (κ2) is 39.9. The molecule has 0 aliphatic rings. The number of hydrogen-bond acceptors (Lipinski definition) is 4. The van der Waals surface area contributed by atoms with Crippen LogP contribution in [-0.2, 0) is 4.79 Å². The molecular weight excluding hydrogens is 606 g/mol. The number of aliphatic hydroxyl groups is 3. The largest absolute Gasteiger partial charge is 0.394 e. The van der Waals surface area contributed by atoms with Crippen LogP contribution in [0.15, 0.2) is 12.2 Å². The number of hydrogen-bond donors (Lipinski definition) is 4. The van der Waals surface area contributed by atoms with E-state index in [9.17, 15) is 20.1 Å². The molecule has 0 heterocycles. The molecule has 0 spiro atoms. The van der Waals surface area contributed by atoms with Gasteiger partial charge in [0.15, 0.2) is 0 Å². The molecular formula is C44H87NO4. The summed E-state index contributed by atoms with van der Waals surface area (Å²) in [4.78, 5) is 12.5. The summed E-state index contributed by atoms with van der Waals surface area (Å²) in [6.07, 6.45) is 46.3. The maximum Gasteiger partial charge on any atom is 0.249 e. The summed E-state index contributed by atoms with van der Waals surface area (Å²) in [6.45, 7) is 4.24. The summed E-state index contributed by atoms with van der Waals surface area (Å²) in [7, 11) is 0. The molecule has 292 valence electrons. The van der Waals surface area contributed by atoms with Crippen LogP contribution in [0, 0.1) is 0 Å². The van der Waals surface area contributed by atoms with Crippen LogP contribution < -0.4 is 5.32 Å². The van der Waals surface area contributed by atoms with Crippen LogP contribution in [0.3, 0.4) is 0 Å². The zero-order valence-corrected chi connectivity index (χ0v) is 33.1. The number of aliphatic hydroxyl groups excluding tert-OH is 3. The minimum Gasteiger partial charge on any atom is -0.394 e. The van der Waals surface area contributed by atoms with Crippen molar-refractivity contribution in [3.63, 3.8) is 0 Å². The maximum absolute atomic E-state index is 12.5. The second-order valence-electron chi connectivity index (χ2n) is 15.3. The SMILES string of the molecule is CCCCCCCCCCC/C=C\CCCCCCC(O)C(=O)NC(CO)C(O)CCCCCCCCCCCCCCCCCCCC. The lowest BCUT2D eigenvalue weighted by atomic mass is 10.0. The van der Waals surface area contributed by atoms with Gasteiger partial charge in [0, 0.05) is 0 Å². The summed E-state index contributed by atoms with van der Waals surface area (Å²) >= 11 is 0. The lowest BCUT2D eigenvalue weighted by Gasteiger charge is -2.23. The van der Waals surface area contributed by atoms with E-state index in [0.29, 0.717) is 12.8 Å². The van der Waals surface area contributed by atoms with Gasteiger partial charge >= 0.3 is 0 Å². The van der Waals surface area contributed by atoms with Crippen molar-refractivity contribution in [1.29, 1.82) is 0 Å². The van der Waals surface area contributed by atoms with Crippen molar-refractivity contribution in [2.45, 2.75) is 257 Å². The number of allylic oxidation sites excluding steroid dienone is 2. The minimum atomic E-state index is -1.08. The lowest BCUT2D eigenvalue weighted by molar-refractivity contribution is -0.131. The average Bonchev–Trinajstić information content (AvgIpc) is 3.11. The molecule has 0 aliphatic carbocycles. The molecule has 0 radical (unpaired) electrons. The van der Waals surface area contributed by atoms with E-state index in [1.54, 1.807) is 0 Å². The highest BCUT2D eigenvalue weighted by molar-refractivity contribution is 5.80. The molecule has 49 heavy (non-hydrogen) atoms. The van der Waals surface area contributed by atoms with Gasteiger partial charge in [-0.05, 0) is 38.5 Å². The third kappa shape index (κ3) is 35.3. The van der Waals surface area contributed by atoms with Crippen molar-refractivity contribution in [1.82, 2.24) is 5.32 Å². The zero-order valence-electron chi connectivity index (χ0n) is 33.1. The van der Waals surface area contributed by atoms with Gasteiger partial charge in [0.25, 0.3) is 0 Å². The Morgan fingerprint density at radius 3 is 1.12 bits per heavy atom. The highest BCUT2D eigenvalue weighted by Gasteiger charge is 2.23. The molecule has 0 rings (SSSR count). The molecule has 5 nitrogen and oxygen atoms in total. The van der Waals surface area contributed by atoms with Crippen LogP contribution in [0.4, 0.5) is 0 Å². The van der Waals surface area contributed by atoms with Crippen molar-refractivity contribution >= 4 is 5.91 Å². The molecule has 0 fully saturated rings. The number of carbonyl (C=O) groups excluding carboxylic acids is 1. The highest BCUT2D eigenvalue weighted by atomic mass is 16.3. The Morgan fingerprint density at radius 1 is 0.469 bits per heavy atom. The van der Waals surface area contributed by atoms with E-state index in [2.05, 4.69) is 31.3 Å². The van der Waals surface area contributed by atoms with Crippen molar-refractivity contribution in [3.05, 3.63) is 12.2 Å². The first-order valence-electron chi connectivity index (χ1n) is 22.0. The first-order chi connectivity index (χ1) is 24.1. The van der Waals surface area contributed by atoms with Crippen molar-refractivity contribution < 1.29 is 20.1 Å². The minimum absolute atomic E-state index is 0.314. The van der Waals surface area contributed by atoms with E-state index in [1.807, 2.05) is 0 Å². The van der Waals surface area contributed by atoms with Gasteiger partial charge in [-0.1, -0.05) is 212 Å². The summed E-state index contributed by atoms with van der Waals surface area (Å²) in [6, 6.07) is -0.713. The second-order valence-corrected chi connectivity index (χ2v) is 15.3. The Balaban J connectivity index is 3.63. The fourth-order valence-electron chi connectivity index (χ4n) is 6.89. The van der Waals surface area contributed by atoms with E-state index in [4.69, 9.17) is 0 Å². The molecule has 0 saturated heterocycles. The number of unbranched alkanes of at least 4 members (excludes halogenated alkanes) is 30. The zero-order chi connectivity index (χ0) is 35.9. The van der Waals surface area contributed by atoms with Gasteiger partial charge in [-0.3, -0.25) is 4.79 Å². The predicted octanol–water partition coefficient (Wildman–Crippen LogP) is 12.4. The topological polar surface area (TPSA) is 89.8 Å². The monoisotopic (exact) mass is 694 g/mol. The van der Waals surface area contributed by atoms with Crippen LogP contribution in [0.1, 0.15) is 239 Å². The summed E-state index contributed by atoms with van der Waals surface area (Å²) < 4.78 is 0. The molecule has 0 bridgehead atoms. The molecule has 0 saturated carbocycles. The lowest BCUT2D eigenvalue weighted by Crippen LogP contribution is -2.49. The molecule has 4 N–H and O–H groups in total. The average molecular weight is 694 g/mol. The van der Waals surface area contributed by atoms with E-state index in [1.165, 1.54) is 167 Å². The smallest absolute Gasteiger partial charge is 0.249 e. The fourth-order valence-corrected chi connectivity index (χ4v) is 6.89. The predicted molar refractivity (Wildman–Crippen MR) is 213 cm³/mol. The Labute approximate surface area is 306 Å². The van der Waals surface area contributed by atoms with Gasteiger partial charge in [-0.15, -0.1) is 0 Å². The van der Waals surface area contributed by atoms with Crippen LogP contribution >= 0.6 is 0 Å². The Kier molecular flexibility index (Phi) is 39.1. The first-order valence-corrected chi connectivity index (χ1v) is 22.0. The highest BCUT2D eigenvalue weighted by Crippen LogP contribution is 2.16. The quantitative estimate of drug-likeness (QED) is 0.0380. The third-order valence-electron chi connectivity index (χ3n) is 10.4. The van der Waals surface area contributed by atoms with Crippen LogP contribution in [-0.4, -0.2) is 46.1 Å². The van der Waals surface area contributed by atoms with Crippen molar-refractivity contribution in [2.24, 2.45) is 0 Å². The molecule has 0 aromatic rings. The van der Waals surface area contributed by atoms with Gasteiger partial charge < -0.3 is 20.6 Å². The maximum atomic E-state index is 12.5. The van der Waals surface area contributed by atoms with Gasteiger partial charge in [-0.25, -0.2) is 0 Å². The normalized spacial score (nSPS) is 13.7. The molecule has 0 aromatic carbocycles. The van der Waals surface area contributed by atoms with E-state index < -0.39 is 24.2 Å². The Hall–Kier alpha value is -0.910. The molecule has 5 heteroatoms. The Bertz CT molecular complexity index is 684. The number of amides is 1. The van der Waals surface area contributed by atoms with E-state index >= 15 is 0 Å². The summed E-state index contributed by atoms with van der Waals surface area (Å²) in [5.74, 6) is -0.477. The third-order valence-corrected chi connectivity index (χ3v) is 10.4. The van der Waals surface area contributed by atoms with Gasteiger partial charge in [-0.2, -0.15) is 0 Å². The van der Waals surface area contributed by atoms with Crippen LogP contribution in [0.25, 0.3) is 0 Å². The molecule has 0 aromatic heterocycles. The van der Waals surface area contributed by atoms with Crippen molar-refractivity contribution in [2.75, 3.05) is 6.61 Å². The van der Waals surface area contributed by atoms with Crippen LogP contribution in [0.2, 0.25) is 0 Å². The standard InChI is InChI=1S/C44H87NO4/c1-3-5-7-9-11-13-15-17-19-21-23-24-26-28-30-32-34-36-38-42(47)41(40-46)45-44(49)43(48)39-37-35-33-31-29-27-25-22-20-18-16-14-12-10-8-6-4-2/h25,27,41-43,46-48H,3-24,26,28-40H2,1-2H3,(H,45,49)/b27-25-. The van der Waals surface area contributed by atoms with Crippen LogP contribution in [0.5, 0.6) is 0 Å². The number of carbonyl (C=O) groups is 1. The molecule has 3 unspecified atom stereocenters. The van der Waals surface area contributed by atoms with E-state index in [0.717, 1.165) is 44.9 Å². The fraction of sp³-hybridized carbons (Fsp3) is 0.932.